The number of nitrogens with two attached hydrogens (primary N) is 1. The molecule has 3 aromatic carbocycles. The first kappa shape index (κ1) is 25.1. The smallest absolute Gasteiger partial charge is 0.258 e. The minimum Gasteiger partial charge on any atom is -0.495 e. The molecule has 0 bridgehead atoms. The van der Waals surface area contributed by atoms with Gasteiger partial charge in [-0.05, 0) is 41.0 Å². The minimum absolute atomic E-state index is 0.149. The van der Waals surface area contributed by atoms with Crippen molar-refractivity contribution in [1.82, 2.24) is 4.90 Å². The predicted molar refractivity (Wildman–Crippen MR) is 134 cm³/mol. The van der Waals surface area contributed by atoms with E-state index in [0.717, 1.165) is 5.56 Å². The second kappa shape index (κ2) is 11.1. The number of allylic oxidation sites excluding steroid dienone is 1. The van der Waals surface area contributed by atoms with E-state index in [4.69, 9.17) is 33.7 Å². The van der Waals surface area contributed by atoms with Gasteiger partial charge in [-0.25, -0.2) is 0 Å². The maximum absolute atomic E-state index is 13.9. The zero-order valence-electron chi connectivity index (χ0n) is 18.6. The molecule has 0 heterocycles. The molecule has 6 nitrogen and oxygen atoms in total. The van der Waals surface area contributed by atoms with Gasteiger partial charge in [0, 0.05) is 12.5 Å². The van der Waals surface area contributed by atoms with Gasteiger partial charge in [0.05, 0.1) is 34.8 Å². The molecule has 0 spiro atoms. The van der Waals surface area contributed by atoms with Crippen molar-refractivity contribution >= 4 is 45.8 Å². The molecule has 0 radical (unpaired) electrons. The number of nitrogens with zero attached hydrogens (tertiary/aromatic N) is 2. The van der Waals surface area contributed by atoms with E-state index < -0.39 is 11.8 Å². The lowest BCUT2D eigenvalue weighted by Gasteiger charge is -2.28. The zero-order valence-corrected chi connectivity index (χ0v) is 20.1. The highest BCUT2D eigenvalue weighted by molar-refractivity contribution is 6.42. The lowest BCUT2D eigenvalue weighted by molar-refractivity contribution is -0.118. The summed E-state index contributed by atoms with van der Waals surface area (Å²) < 4.78 is 5.48. The molecule has 174 valence electrons. The largest absolute Gasteiger partial charge is 0.495 e. The lowest BCUT2D eigenvalue weighted by Crippen LogP contribution is -2.41. The van der Waals surface area contributed by atoms with Gasteiger partial charge in [0.25, 0.3) is 5.91 Å². The molecule has 2 amide bonds. The van der Waals surface area contributed by atoms with Crippen LogP contribution in [0.3, 0.4) is 0 Å². The number of amides is 2. The summed E-state index contributed by atoms with van der Waals surface area (Å²) in [6.07, 6.45) is 2.24. The number of carbonyl (C=O) groups is 2. The van der Waals surface area contributed by atoms with E-state index in [2.05, 4.69) is 12.6 Å². The Kier molecular flexibility index (Phi) is 8.17. The van der Waals surface area contributed by atoms with E-state index in [0.29, 0.717) is 27.2 Å². The molecule has 0 aromatic heterocycles. The number of halogens is 2. The van der Waals surface area contributed by atoms with Gasteiger partial charge >= 0.3 is 0 Å². The topological polar surface area (TPSA) is 96.4 Å². The second-order valence-electron chi connectivity index (χ2n) is 7.71. The average Bonchev–Trinajstić information content (AvgIpc) is 2.82. The number of rotatable bonds is 9. The van der Waals surface area contributed by atoms with E-state index in [1.54, 1.807) is 42.5 Å². The Balaban J connectivity index is 2.12. The standard InChI is InChI=1S/C26H23Cl2N3O3/c1-3-6-18(16-9-10-21(27)22(28)12-16)14-31(15-23(30)32)26(33)24-20-8-5-4-7-17(20)11-19(13-29)25(24)34-2/h3-5,7-12,18H,1,6,14-15H2,2H3,(H2,30,32). The molecule has 0 aliphatic carbocycles. The molecule has 0 aliphatic rings. The number of hydrogen-bond acceptors (Lipinski definition) is 4. The minimum atomic E-state index is -0.667. The molecule has 8 heteroatoms. The summed E-state index contributed by atoms with van der Waals surface area (Å²) >= 11 is 12.3. The number of methoxy groups -OCH3 is 1. The van der Waals surface area contributed by atoms with E-state index in [9.17, 15) is 14.9 Å². The Bertz CT molecular complexity index is 1300. The third-order valence-corrected chi connectivity index (χ3v) is 6.22. The Morgan fingerprint density at radius 3 is 2.56 bits per heavy atom. The van der Waals surface area contributed by atoms with Crippen molar-refractivity contribution in [2.24, 2.45) is 5.73 Å². The van der Waals surface area contributed by atoms with Gasteiger partial charge in [0.1, 0.15) is 11.8 Å². The Labute approximate surface area is 208 Å². The highest BCUT2D eigenvalue weighted by Gasteiger charge is 2.28. The van der Waals surface area contributed by atoms with Gasteiger partial charge < -0.3 is 15.4 Å². The Morgan fingerprint density at radius 2 is 1.94 bits per heavy atom. The van der Waals surface area contributed by atoms with Gasteiger partial charge in [-0.2, -0.15) is 5.26 Å². The summed E-state index contributed by atoms with van der Waals surface area (Å²) in [5.41, 5.74) is 6.76. The Hall–Kier alpha value is -3.53. The van der Waals surface area contributed by atoms with Crippen LogP contribution in [0.15, 0.2) is 61.2 Å². The molecule has 34 heavy (non-hydrogen) atoms. The van der Waals surface area contributed by atoms with Crippen LogP contribution in [0.2, 0.25) is 10.0 Å². The molecule has 2 N–H and O–H groups in total. The molecule has 0 aliphatic heterocycles. The third kappa shape index (κ3) is 5.33. The first-order chi connectivity index (χ1) is 16.3. The zero-order chi connectivity index (χ0) is 24.8. The fourth-order valence-corrected chi connectivity index (χ4v) is 4.26. The van der Waals surface area contributed by atoms with Crippen LogP contribution < -0.4 is 10.5 Å². The average molecular weight is 496 g/mol. The molecular weight excluding hydrogens is 473 g/mol. The van der Waals surface area contributed by atoms with Crippen molar-refractivity contribution < 1.29 is 14.3 Å². The summed E-state index contributed by atoms with van der Waals surface area (Å²) in [7, 11) is 1.40. The van der Waals surface area contributed by atoms with Crippen LogP contribution in [0.1, 0.15) is 33.8 Å². The van der Waals surface area contributed by atoms with E-state index in [1.807, 2.05) is 12.1 Å². The molecule has 1 unspecified atom stereocenters. The molecule has 3 rings (SSSR count). The maximum atomic E-state index is 13.9. The first-order valence-electron chi connectivity index (χ1n) is 10.4. The fraction of sp³-hybridized carbons (Fsp3) is 0.192. The monoisotopic (exact) mass is 495 g/mol. The van der Waals surface area contributed by atoms with Crippen LogP contribution in [0.25, 0.3) is 10.8 Å². The van der Waals surface area contributed by atoms with Crippen LogP contribution >= 0.6 is 23.2 Å². The number of carbonyl (C=O) groups excluding carboxylic acids is 2. The number of nitriles is 1. The summed E-state index contributed by atoms with van der Waals surface area (Å²) in [4.78, 5) is 27.2. The molecule has 0 saturated carbocycles. The van der Waals surface area contributed by atoms with E-state index in [-0.39, 0.29) is 35.9 Å². The lowest BCUT2D eigenvalue weighted by atomic mass is 9.94. The highest BCUT2D eigenvalue weighted by atomic mass is 35.5. The van der Waals surface area contributed by atoms with Crippen LogP contribution in [-0.2, 0) is 4.79 Å². The highest BCUT2D eigenvalue weighted by Crippen LogP contribution is 2.34. The molecule has 0 fully saturated rings. The number of fused-ring (bicyclic) bond motifs is 1. The number of primary amides is 1. The molecular formula is C26H23Cl2N3O3. The van der Waals surface area contributed by atoms with Crippen LogP contribution in [0.4, 0.5) is 0 Å². The van der Waals surface area contributed by atoms with E-state index in [1.165, 1.54) is 12.0 Å². The van der Waals surface area contributed by atoms with Gasteiger partial charge in [-0.15, -0.1) is 6.58 Å². The molecule has 1 atom stereocenters. The van der Waals surface area contributed by atoms with Crippen molar-refractivity contribution in [1.29, 1.82) is 5.26 Å². The maximum Gasteiger partial charge on any atom is 0.258 e. The number of benzene rings is 3. The van der Waals surface area contributed by atoms with E-state index >= 15 is 0 Å². The van der Waals surface area contributed by atoms with Crippen molar-refractivity contribution in [2.45, 2.75) is 12.3 Å². The van der Waals surface area contributed by atoms with Crippen LogP contribution in [-0.4, -0.2) is 36.9 Å². The SMILES string of the molecule is C=CCC(CN(CC(N)=O)C(=O)c1c(OC)c(C#N)cc2ccccc12)c1ccc(Cl)c(Cl)c1. The molecule has 3 aromatic rings. The van der Waals surface area contributed by atoms with Crippen LogP contribution in [0, 0.1) is 11.3 Å². The van der Waals surface area contributed by atoms with Gasteiger partial charge in [0.15, 0.2) is 0 Å². The summed E-state index contributed by atoms with van der Waals surface area (Å²) in [5, 5.41) is 11.8. The van der Waals surface area contributed by atoms with Crippen molar-refractivity contribution in [3.63, 3.8) is 0 Å². The van der Waals surface area contributed by atoms with Crippen molar-refractivity contribution in [3.8, 4) is 11.8 Å². The van der Waals surface area contributed by atoms with Crippen molar-refractivity contribution in [2.75, 3.05) is 20.2 Å². The fourth-order valence-electron chi connectivity index (χ4n) is 3.95. The van der Waals surface area contributed by atoms with Gasteiger partial charge in [-0.1, -0.05) is 59.6 Å². The van der Waals surface area contributed by atoms with Crippen LogP contribution in [0.5, 0.6) is 5.75 Å². The van der Waals surface area contributed by atoms with Gasteiger partial charge in [0.2, 0.25) is 5.91 Å². The Morgan fingerprint density at radius 1 is 1.21 bits per heavy atom. The predicted octanol–water partition coefficient (Wildman–Crippen LogP) is 5.31. The van der Waals surface area contributed by atoms with Gasteiger partial charge in [-0.3, -0.25) is 9.59 Å². The molecule has 0 saturated heterocycles. The number of ether oxygens (including phenoxy) is 1. The third-order valence-electron chi connectivity index (χ3n) is 5.48. The summed E-state index contributed by atoms with van der Waals surface area (Å²) in [6.45, 7) is 3.65. The second-order valence-corrected chi connectivity index (χ2v) is 8.53. The van der Waals surface area contributed by atoms with Crippen molar-refractivity contribution in [3.05, 3.63) is 87.9 Å². The summed E-state index contributed by atoms with van der Waals surface area (Å²) in [6, 6.07) is 16.2. The normalized spacial score (nSPS) is 11.5. The quantitative estimate of drug-likeness (QED) is 0.406. The number of hydrogen-bond donors (Lipinski definition) is 1. The summed E-state index contributed by atoms with van der Waals surface area (Å²) in [5.74, 6) is -1.22. The first-order valence-corrected chi connectivity index (χ1v) is 11.2.